The number of anilines is 4. The number of hydrogen-bond acceptors (Lipinski definition) is 4. The van der Waals surface area contributed by atoms with Crippen LogP contribution in [0, 0.1) is 0 Å². The topological polar surface area (TPSA) is 33.5 Å². The monoisotopic (exact) mass is 1110 g/mol. The Hall–Kier alpha value is -8.67. The largest absolute Gasteiger partial charge is 0.457 e. The van der Waals surface area contributed by atoms with E-state index in [9.17, 15) is 0 Å². The van der Waals surface area contributed by atoms with Crippen LogP contribution in [0.25, 0.3) is 49.9 Å². The second-order valence-electron chi connectivity index (χ2n) is 27.4. The molecule has 5 heteroatoms. The van der Waals surface area contributed by atoms with E-state index in [0.29, 0.717) is 18.5 Å². The van der Waals surface area contributed by atoms with Gasteiger partial charge in [-0.2, -0.15) is 0 Å². The molecule has 0 N–H and O–H groups in total. The van der Waals surface area contributed by atoms with Gasteiger partial charge in [0, 0.05) is 51.3 Å². The average molecular weight is 1120 g/mol. The molecule has 1 aliphatic rings. The second-order valence-corrected chi connectivity index (χ2v) is 27.4. The van der Waals surface area contributed by atoms with Gasteiger partial charge in [0.25, 0.3) is 0 Å². The van der Waals surface area contributed by atoms with Crippen LogP contribution in [-0.4, -0.2) is 16.2 Å². The van der Waals surface area contributed by atoms with Crippen molar-refractivity contribution in [2.24, 2.45) is 0 Å². The van der Waals surface area contributed by atoms with E-state index in [1.165, 1.54) is 66.6 Å². The summed E-state index contributed by atoms with van der Waals surface area (Å²) in [6.07, 6.45) is 1.96. The molecule has 0 spiro atoms. The van der Waals surface area contributed by atoms with Crippen LogP contribution >= 0.6 is 0 Å². The van der Waals surface area contributed by atoms with Gasteiger partial charge >= 0.3 is 0 Å². The molecule has 11 aromatic rings. The number of ether oxygens (including phenoxy) is 1. The molecule has 428 valence electrons. The van der Waals surface area contributed by atoms with Crippen LogP contribution in [0.1, 0.15) is 153 Å². The van der Waals surface area contributed by atoms with Gasteiger partial charge in [-0.25, -0.2) is 4.98 Å². The Morgan fingerprint density at radius 1 is 0.388 bits per heavy atom. The normalized spacial score (nSPS) is 13.2. The summed E-state index contributed by atoms with van der Waals surface area (Å²) in [6, 6.07) is 78.8. The van der Waals surface area contributed by atoms with Crippen molar-refractivity contribution in [3.05, 3.63) is 263 Å². The molecule has 3 heterocycles. The molecule has 0 atom stereocenters. The Bertz CT molecular complexity index is 4240. The maximum atomic E-state index is 7.41. The van der Waals surface area contributed by atoms with E-state index in [2.05, 4.69) is 324 Å². The predicted molar refractivity (Wildman–Crippen MR) is 361 cm³/mol. The summed E-state index contributed by atoms with van der Waals surface area (Å²) >= 11 is 0. The molecular weight excluding hydrogens is 1030 g/mol. The molecule has 5 nitrogen and oxygen atoms in total. The van der Waals surface area contributed by atoms with Crippen LogP contribution in [0.2, 0.25) is 0 Å². The van der Waals surface area contributed by atoms with Crippen LogP contribution in [0.5, 0.6) is 11.5 Å². The highest BCUT2D eigenvalue weighted by molar-refractivity contribution is 6.10. The summed E-state index contributed by atoms with van der Waals surface area (Å²) in [5.74, 6) is 2.99. The Morgan fingerprint density at radius 3 is 1.60 bits per heavy atom. The van der Waals surface area contributed by atoms with E-state index in [-0.39, 0.29) is 21.7 Å². The van der Waals surface area contributed by atoms with E-state index in [1.807, 2.05) is 6.20 Å². The zero-order valence-electron chi connectivity index (χ0n) is 52.3. The zero-order valence-corrected chi connectivity index (χ0v) is 52.3. The summed E-state index contributed by atoms with van der Waals surface area (Å²) in [4.78, 5) is 10.2. The van der Waals surface area contributed by atoms with E-state index in [4.69, 9.17) is 9.72 Å². The minimum absolute atomic E-state index is 0.0699. The Balaban J connectivity index is 1.05. The lowest BCUT2D eigenvalue weighted by Crippen LogP contribution is -2.25. The first-order valence-corrected chi connectivity index (χ1v) is 30.6. The molecule has 1 aliphatic heterocycles. The first-order chi connectivity index (χ1) is 40.5. The van der Waals surface area contributed by atoms with Crippen molar-refractivity contribution in [2.75, 3.05) is 16.5 Å². The number of pyridine rings is 1. The van der Waals surface area contributed by atoms with Gasteiger partial charge in [0.1, 0.15) is 24.0 Å². The number of hydrogen-bond donors (Lipinski definition) is 0. The lowest BCUT2D eigenvalue weighted by atomic mass is 9.77. The number of benzene rings is 9. The number of rotatable bonds is 13. The van der Waals surface area contributed by atoms with Crippen LogP contribution < -0.4 is 14.5 Å². The molecule has 85 heavy (non-hydrogen) atoms. The van der Waals surface area contributed by atoms with Crippen LogP contribution in [-0.2, 0) is 21.7 Å². The van der Waals surface area contributed by atoms with Crippen molar-refractivity contribution < 1.29 is 4.74 Å². The van der Waals surface area contributed by atoms with Gasteiger partial charge in [0.15, 0.2) is 0 Å². The minimum Gasteiger partial charge on any atom is -0.457 e. The Morgan fingerprint density at radius 2 is 0.965 bits per heavy atom. The highest BCUT2D eigenvalue weighted by atomic mass is 16.5. The highest BCUT2D eigenvalue weighted by Crippen LogP contribution is 2.51. The van der Waals surface area contributed by atoms with Gasteiger partial charge < -0.3 is 14.5 Å². The number of fused-ring (bicyclic) bond motifs is 4. The summed E-state index contributed by atoms with van der Waals surface area (Å²) in [6.45, 7) is 32.9. The van der Waals surface area contributed by atoms with Gasteiger partial charge in [-0.1, -0.05) is 224 Å². The predicted octanol–water partition coefficient (Wildman–Crippen LogP) is 22.0. The molecule has 0 bridgehead atoms. The highest BCUT2D eigenvalue weighted by Gasteiger charge is 2.34. The third kappa shape index (κ3) is 10.7. The van der Waals surface area contributed by atoms with Crippen molar-refractivity contribution in [1.82, 2.24) is 9.55 Å². The fourth-order valence-corrected chi connectivity index (χ4v) is 12.8. The second kappa shape index (κ2) is 21.8. The molecule has 0 radical (unpaired) electrons. The molecule has 0 saturated heterocycles. The molecular formula is C80H82N4O. The van der Waals surface area contributed by atoms with Crippen molar-refractivity contribution in [3.63, 3.8) is 0 Å². The van der Waals surface area contributed by atoms with Crippen molar-refractivity contribution in [3.8, 4) is 39.6 Å². The first kappa shape index (κ1) is 56.8. The van der Waals surface area contributed by atoms with E-state index >= 15 is 0 Å². The summed E-state index contributed by atoms with van der Waals surface area (Å²) in [5.41, 5.74) is 21.0. The van der Waals surface area contributed by atoms with Crippen molar-refractivity contribution >= 4 is 44.6 Å². The van der Waals surface area contributed by atoms with E-state index in [0.717, 1.165) is 62.0 Å². The first-order valence-electron chi connectivity index (χ1n) is 30.6. The average Bonchev–Trinajstić information content (AvgIpc) is 1.97. The zero-order chi connectivity index (χ0) is 59.7. The Kier molecular flexibility index (Phi) is 14.5. The summed E-state index contributed by atoms with van der Waals surface area (Å²) in [7, 11) is 0. The molecule has 0 unspecified atom stereocenters. The fraction of sp³-hybridized carbons (Fsp3) is 0.263. The minimum atomic E-state index is -0.274. The molecule has 12 rings (SSSR count). The van der Waals surface area contributed by atoms with Crippen LogP contribution in [0.4, 0.5) is 22.7 Å². The van der Waals surface area contributed by atoms with E-state index in [1.54, 1.807) is 0 Å². The van der Waals surface area contributed by atoms with Gasteiger partial charge in [-0.3, -0.25) is 4.57 Å². The molecule has 0 fully saturated rings. The summed E-state index contributed by atoms with van der Waals surface area (Å²) < 4.78 is 9.75. The molecule has 0 amide bonds. The fourth-order valence-electron chi connectivity index (χ4n) is 12.8. The molecule has 9 aromatic carbocycles. The maximum Gasteiger partial charge on any atom is 0.137 e. The van der Waals surface area contributed by atoms with Gasteiger partial charge in [-0.05, 0) is 162 Å². The van der Waals surface area contributed by atoms with Gasteiger partial charge in [0.2, 0.25) is 0 Å². The van der Waals surface area contributed by atoms with Gasteiger partial charge in [-0.15, -0.1) is 0 Å². The number of aromatic nitrogens is 2. The SMILES string of the molecule is CC(C)c1cccc(C(C)C)c1-c1cc(Oc2ccc3c4cc(C(C)(C)c5ccccc5)ccc4n(-c4cc(C(C)(C)C)ccn4)c3c2)cc(N2CN(c3cc(-c4ccccc4)cc(C(C)(C)c4ccccc4)c3)c3ccc(C(C)(C)C)cc32)c1. The third-order valence-electron chi connectivity index (χ3n) is 18.2. The lowest BCUT2D eigenvalue weighted by Gasteiger charge is -2.30. The summed E-state index contributed by atoms with van der Waals surface area (Å²) in [5, 5.41) is 2.33. The molecule has 0 aliphatic carbocycles. The van der Waals surface area contributed by atoms with Gasteiger partial charge in [0.05, 0.1) is 22.4 Å². The molecule has 0 saturated carbocycles. The van der Waals surface area contributed by atoms with Crippen LogP contribution in [0.15, 0.2) is 219 Å². The lowest BCUT2D eigenvalue weighted by molar-refractivity contribution is 0.483. The smallest absolute Gasteiger partial charge is 0.137 e. The van der Waals surface area contributed by atoms with Crippen molar-refractivity contribution in [1.29, 1.82) is 0 Å². The molecule has 2 aromatic heterocycles. The maximum absolute atomic E-state index is 7.41. The quantitative estimate of drug-likeness (QED) is 0.115. The van der Waals surface area contributed by atoms with Crippen molar-refractivity contribution in [2.45, 2.75) is 130 Å². The third-order valence-corrected chi connectivity index (χ3v) is 18.2. The standard InChI is InChI=1S/C80H82N4O/c1-52(2)67-31-24-32-68(53(3)4)76(67)56-43-64(83-51-82(72-38-33-59(47-74(72)83)77(5,6)7)63-42-55(54-25-18-15-19-26-54)41-62(45-63)80(13,14)58-29-22-17-23-30-58)49-66(44-56)85-65-35-36-69-70-46-61(79(11,12)57-27-20-16-21-28-57)34-37-71(70)84(73(69)50-65)75-48-60(39-40-81-75)78(8,9)10/h15-50,52-53H,51H2,1-14H3. The Labute approximate surface area is 505 Å². The van der Waals surface area contributed by atoms with Crippen LogP contribution in [0.3, 0.4) is 0 Å². The van der Waals surface area contributed by atoms with E-state index < -0.39 is 0 Å². The number of nitrogens with zero attached hydrogens (tertiary/aromatic N) is 4.